The minimum absolute atomic E-state index is 0.0162. The van der Waals surface area contributed by atoms with Crippen molar-refractivity contribution in [1.29, 1.82) is 0 Å². The molecule has 0 unspecified atom stereocenters. The summed E-state index contributed by atoms with van der Waals surface area (Å²) in [6.45, 7) is -0.556. The van der Waals surface area contributed by atoms with E-state index < -0.39 is 6.61 Å². The molecule has 1 aromatic heterocycles. The van der Waals surface area contributed by atoms with Crippen LogP contribution in [-0.4, -0.2) is 34.3 Å². The summed E-state index contributed by atoms with van der Waals surface area (Å²) in [6, 6.07) is 13.7. The maximum atomic E-state index is 12.6. The van der Waals surface area contributed by atoms with E-state index in [9.17, 15) is 8.78 Å². The van der Waals surface area contributed by atoms with Gasteiger partial charge in [-0.2, -0.15) is 23.7 Å². The summed E-state index contributed by atoms with van der Waals surface area (Å²) >= 11 is 5.24. The Balaban J connectivity index is 2.00. The maximum Gasteiger partial charge on any atom is 0.387 e. The smallest absolute Gasteiger partial charge is 0.387 e. The molecule has 1 N–H and O–H groups in total. The zero-order chi connectivity index (χ0) is 19.2. The molecule has 9 heteroatoms. The minimum Gasteiger partial charge on any atom is -0.493 e. The van der Waals surface area contributed by atoms with Gasteiger partial charge in [0.15, 0.2) is 5.82 Å². The lowest BCUT2D eigenvalue weighted by atomic mass is 10.2. The summed E-state index contributed by atoms with van der Waals surface area (Å²) in [6.07, 6.45) is 1.38. The lowest BCUT2D eigenvalue weighted by Crippen LogP contribution is -2.04. The lowest BCUT2D eigenvalue weighted by Gasteiger charge is -2.09. The number of para-hydroxylation sites is 2. The van der Waals surface area contributed by atoms with Crippen molar-refractivity contribution in [3.8, 4) is 22.9 Å². The van der Waals surface area contributed by atoms with Gasteiger partial charge in [-0.15, -0.1) is 0 Å². The highest BCUT2D eigenvalue weighted by atomic mass is 32.1. The molecule has 0 aliphatic rings. The molecular formula is C18H16F2N4O2S. The van der Waals surface area contributed by atoms with Gasteiger partial charge in [0.05, 0.1) is 18.4 Å². The first-order valence-corrected chi connectivity index (χ1v) is 8.48. The van der Waals surface area contributed by atoms with Crippen LogP contribution in [0.1, 0.15) is 12.5 Å². The number of aromatic nitrogens is 3. The summed E-state index contributed by atoms with van der Waals surface area (Å²) in [7, 11) is 0. The van der Waals surface area contributed by atoms with Gasteiger partial charge < -0.3 is 9.47 Å². The third-order valence-corrected chi connectivity index (χ3v) is 3.79. The van der Waals surface area contributed by atoms with Gasteiger partial charge in [-0.05, 0) is 43.4 Å². The highest BCUT2D eigenvalue weighted by Gasteiger charge is 2.14. The maximum absolute atomic E-state index is 12.6. The molecule has 0 aliphatic heterocycles. The van der Waals surface area contributed by atoms with Crippen molar-refractivity contribution in [2.45, 2.75) is 13.5 Å². The number of nitrogens with zero attached hydrogens (tertiary/aromatic N) is 3. The molecule has 2 aromatic carbocycles. The highest BCUT2D eigenvalue weighted by molar-refractivity contribution is 7.71. The fourth-order valence-corrected chi connectivity index (χ4v) is 2.60. The first kappa shape index (κ1) is 18.7. The molecule has 140 valence electrons. The number of H-pyrrole nitrogens is 1. The molecule has 0 spiro atoms. The van der Waals surface area contributed by atoms with Gasteiger partial charge >= 0.3 is 6.61 Å². The second-order valence-electron chi connectivity index (χ2n) is 5.25. The molecule has 0 saturated carbocycles. The molecule has 0 aliphatic carbocycles. The van der Waals surface area contributed by atoms with Crippen LogP contribution in [0.3, 0.4) is 0 Å². The molecule has 0 bridgehead atoms. The van der Waals surface area contributed by atoms with Gasteiger partial charge in [0.2, 0.25) is 4.77 Å². The van der Waals surface area contributed by atoms with Gasteiger partial charge in [-0.25, -0.2) is 5.10 Å². The summed E-state index contributed by atoms with van der Waals surface area (Å²) in [5.41, 5.74) is 1.07. The molecule has 0 amide bonds. The van der Waals surface area contributed by atoms with Crippen LogP contribution >= 0.6 is 12.2 Å². The van der Waals surface area contributed by atoms with Gasteiger partial charge in [0.25, 0.3) is 0 Å². The molecule has 3 aromatic rings. The van der Waals surface area contributed by atoms with Crippen molar-refractivity contribution < 1.29 is 18.3 Å². The van der Waals surface area contributed by atoms with Crippen molar-refractivity contribution in [3.63, 3.8) is 0 Å². The molecule has 0 fully saturated rings. The molecule has 6 nitrogen and oxygen atoms in total. The number of benzene rings is 2. The van der Waals surface area contributed by atoms with Gasteiger partial charge in [-0.1, -0.05) is 24.3 Å². The van der Waals surface area contributed by atoms with E-state index in [1.165, 1.54) is 17.0 Å². The zero-order valence-corrected chi connectivity index (χ0v) is 15.1. The van der Waals surface area contributed by atoms with Crippen LogP contribution in [0.25, 0.3) is 11.4 Å². The number of nitrogens with one attached hydrogen (secondary N) is 1. The third kappa shape index (κ3) is 4.37. The van der Waals surface area contributed by atoms with Crippen molar-refractivity contribution in [2.75, 3.05) is 6.61 Å². The number of halogens is 2. The van der Waals surface area contributed by atoms with Crippen molar-refractivity contribution >= 4 is 18.4 Å². The molecular weight excluding hydrogens is 374 g/mol. The monoisotopic (exact) mass is 390 g/mol. The first-order valence-electron chi connectivity index (χ1n) is 8.08. The molecule has 0 radical (unpaired) electrons. The van der Waals surface area contributed by atoms with Gasteiger partial charge in [0, 0.05) is 5.56 Å². The van der Waals surface area contributed by atoms with Crippen LogP contribution in [0.2, 0.25) is 0 Å². The van der Waals surface area contributed by atoms with Crippen LogP contribution in [0.4, 0.5) is 8.78 Å². The fourth-order valence-electron chi connectivity index (χ4n) is 2.42. The number of hydrogen-bond acceptors (Lipinski definition) is 5. The molecule has 27 heavy (non-hydrogen) atoms. The number of ether oxygens (including phenoxy) is 2. The number of aromatic amines is 1. The summed E-state index contributed by atoms with van der Waals surface area (Å²) in [5.74, 6) is 1.09. The topological polar surface area (TPSA) is 64.4 Å². The van der Waals surface area contributed by atoms with Crippen LogP contribution < -0.4 is 9.47 Å². The van der Waals surface area contributed by atoms with E-state index in [1.807, 2.05) is 31.2 Å². The lowest BCUT2D eigenvalue weighted by molar-refractivity contribution is -0.0499. The quantitative estimate of drug-likeness (QED) is 0.477. The van der Waals surface area contributed by atoms with E-state index in [1.54, 1.807) is 18.2 Å². The van der Waals surface area contributed by atoms with Crippen LogP contribution in [-0.2, 0) is 0 Å². The van der Waals surface area contributed by atoms with E-state index >= 15 is 0 Å². The molecule has 0 saturated heterocycles. The van der Waals surface area contributed by atoms with Crippen molar-refractivity contribution in [2.24, 2.45) is 5.10 Å². The van der Waals surface area contributed by atoms with Crippen LogP contribution in [0.15, 0.2) is 53.6 Å². The second kappa shape index (κ2) is 8.54. The number of rotatable bonds is 7. The number of hydrogen-bond donors (Lipinski definition) is 1. The van der Waals surface area contributed by atoms with Crippen molar-refractivity contribution in [3.05, 3.63) is 58.9 Å². The Morgan fingerprint density at radius 2 is 1.89 bits per heavy atom. The van der Waals surface area contributed by atoms with Gasteiger partial charge in [0.1, 0.15) is 11.5 Å². The van der Waals surface area contributed by atoms with Gasteiger partial charge in [-0.3, -0.25) is 0 Å². The van der Waals surface area contributed by atoms with E-state index in [4.69, 9.17) is 17.0 Å². The van der Waals surface area contributed by atoms with Crippen molar-refractivity contribution in [1.82, 2.24) is 14.9 Å². The Kier molecular flexibility index (Phi) is 5.92. The standard InChI is InChI=1S/C18H16F2N4O2S/c1-2-25-15-10-6-4-8-13(15)16-22-23-18(27)24(16)21-11-12-7-3-5-9-14(12)26-17(19)20/h3-11,17H,2H2,1H3,(H,23,27)/b21-11-. The molecule has 1 heterocycles. The Bertz CT molecular complexity index is 1000. The first-order chi connectivity index (χ1) is 13.1. The molecule has 3 rings (SSSR count). The predicted molar refractivity (Wildman–Crippen MR) is 100 cm³/mol. The largest absolute Gasteiger partial charge is 0.493 e. The summed E-state index contributed by atoms with van der Waals surface area (Å²) < 4.78 is 36.9. The predicted octanol–water partition coefficient (Wildman–Crippen LogP) is 4.49. The summed E-state index contributed by atoms with van der Waals surface area (Å²) in [5, 5.41) is 11.2. The van der Waals surface area contributed by atoms with Crippen LogP contribution in [0.5, 0.6) is 11.5 Å². The average molecular weight is 390 g/mol. The Hall–Kier alpha value is -3.07. The Labute approximate surface area is 159 Å². The van der Waals surface area contributed by atoms with E-state index in [-0.39, 0.29) is 10.5 Å². The number of alkyl halides is 2. The minimum atomic E-state index is -2.93. The van der Waals surface area contributed by atoms with Crippen LogP contribution in [0, 0.1) is 4.77 Å². The summed E-state index contributed by atoms with van der Waals surface area (Å²) in [4.78, 5) is 0. The zero-order valence-electron chi connectivity index (χ0n) is 14.3. The average Bonchev–Trinajstić information content (AvgIpc) is 3.02. The van der Waals surface area contributed by atoms with E-state index in [0.717, 1.165) is 0 Å². The Morgan fingerprint density at radius 1 is 1.19 bits per heavy atom. The SMILES string of the molecule is CCOc1ccccc1-c1n[nH]c(=S)n1/N=C\c1ccccc1OC(F)F. The normalized spacial score (nSPS) is 11.3. The Morgan fingerprint density at radius 3 is 2.63 bits per heavy atom. The highest BCUT2D eigenvalue weighted by Crippen LogP contribution is 2.28. The third-order valence-electron chi connectivity index (χ3n) is 3.53. The van der Waals surface area contributed by atoms with E-state index in [2.05, 4.69) is 20.0 Å². The fraction of sp³-hybridized carbons (Fsp3) is 0.167. The molecule has 0 atom stereocenters. The second-order valence-corrected chi connectivity index (χ2v) is 5.64. The van der Waals surface area contributed by atoms with E-state index in [0.29, 0.717) is 29.3 Å².